The highest BCUT2D eigenvalue weighted by atomic mass is 32.2. The molecule has 0 spiro atoms. The Labute approximate surface area is 119 Å². The number of nitrogens with one attached hydrogen (secondary N) is 1. The lowest BCUT2D eigenvalue weighted by Gasteiger charge is -2.27. The van der Waals surface area contributed by atoms with E-state index < -0.39 is 15.9 Å². The van der Waals surface area contributed by atoms with Crippen LogP contribution in [0.2, 0.25) is 0 Å². The van der Waals surface area contributed by atoms with Crippen molar-refractivity contribution < 1.29 is 17.6 Å². The molecule has 20 heavy (non-hydrogen) atoms. The zero-order valence-electron chi connectivity index (χ0n) is 12.5. The molecule has 0 aliphatic heterocycles. The number of carbonyl (C=O) groups is 1. The van der Waals surface area contributed by atoms with E-state index in [4.69, 9.17) is 9.56 Å². The fourth-order valence-corrected chi connectivity index (χ4v) is 2.21. The van der Waals surface area contributed by atoms with Gasteiger partial charge in [-0.05, 0) is 18.3 Å². The van der Waals surface area contributed by atoms with Gasteiger partial charge in [0.25, 0.3) is 5.91 Å². The number of nitrogens with two attached hydrogens (primary N) is 1. The highest BCUT2D eigenvalue weighted by molar-refractivity contribution is 7.89. The number of hydrogen-bond donors (Lipinski definition) is 2. The first-order chi connectivity index (χ1) is 8.93. The van der Waals surface area contributed by atoms with Gasteiger partial charge in [-0.1, -0.05) is 27.7 Å². The molecule has 0 bridgehead atoms. The van der Waals surface area contributed by atoms with Crippen molar-refractivity contribution >= 4 is 15.9 Å². The van der Waals surface area contributed by atoms with E-state index in [-0.39, 0.29) is 27.7 Å². The van der Waals surface area contributed by atoms with Crippen LogP contribution in [0, 0.1) is 18.3 Å². The summed E-state index contributed by atoms with van der Waals surface area (Å²) in [7, 11) is -3.87. The van der Waals surface area contributed by atoms with Crippen LogP contribution in [0.4, 0.5) is 0 Å². The summed E-state index contributed by atoms with van der Waals surface area (Å²) >= 11 is 0. The molecule has 1 aromatic rings. The van der Waals surface area contributed by atoms with E-state index in [1.807, 2.05) is 6.92 Å². The van der Waals surface area contributed by atoms with Crippen molar-refractivity contribution in [2.75, 3.05) is 6.54 Å². The summed E-state index contributed by atoms with van der Waals surface area (Å²) in [4.78, 5) is 11.8. The van der Waals surface area contributed by atoms with Gasteiger partial charge in [0.15, 0.2) is 5.76 Å². The van der Waals surface area contributed by atoms with Gasteiger partial charge in [-0.2, -0.15) is 0 Å². The quantitative estimate of drug-likeness (QED) is 0.882. The summed E-state index contributed by atoms with van der Waals surface area (Å²) in [5.41, 5.74) is 0.0676. The molecule has 0 radical (unpaired) electrons. The van der Waals surface area contributed by atoms with E-state index in [1.54, 1.807) is 0 Å². The Kier molecular flexibility index (Phi) is 4.66. The predicted octanol–water partition coefficient (Wildman–Crippen LogP) is 1.65. The molecule has 1 amide bonds. The minimum Gasteiger partial charge on any atom is -0.455 e. The number of amides is 1. The van der Waals surface area contributed by atoms with Gasteiger partial charge in [0.05, 0.1) is 0 Å². The summed E-state index contributed by atoms with van der Waals surface area (Å²) in [5, 5.41) is 7.76. The van der Waals surface area contributed by atoms with Gasteiger partial charge in [-0.25, -0.2) is 13.6 Å². The Morgan fingerprint density at radius 1 is 1.45 bits per heavy atom. The van der Waals surface area contributed by atoms with E-state index >= 15 is 0 Å². The first-order valence-corrected chi connectivity index (χ1v) is 7.89. The number of carbonyl (C=O) groups excluding carboxylic acids is 1. The minimum absolute atomic E-state index is 0.0485. The average Bonchev–Trinajstić information content (AvgIpc) is 2.66. The maximum atomic E-state index is 11.9. The first-order valence-electron chi connectivity index (χ1n) is 6.34. The normalized spacial score (nSPS) is 14.1. The van der Waals surface area contributed by atoms with Crippen molar-refractivity contribution in [2.45, 2.75) is 39.5 Å². The second kappa shape index (κ2) is 5.57. The smallest absolute Gasteiger partial charge is 0.287 e. The van der Waals surface area contributed by atoms with Crippen molar-refractivity contribution in [1.82, 2.24) is 5.32 Å². The number of aryl methyl sites for hydroxylation is 1. The summed E-state index contributed by atoms with van der Waals surface area (Å²) in [6.45, 7) is 10.2. The molecule has 7 heteroatoms. The molecular weight excluding hydrogens is 280 g/mol. The highest BCUT2D eigenvalue weighted by Crippen LogP contribution is 2.24. The number of primary sulfonamides is 1. The third-order valence-electron chi connectivity index (χ3n) is 3.45. The van der Waals surface area contributed by atoms with Crippen LogP contribution in [0.3, 0.4) is 0 Å². The molecular formula is C13H22N2O4S. The lowest BCUT2D eigenvalue weighted by Crippen LogP contribution is -2.33. The van der Waals surface area contributed by atoms with Crippen molar-refractivity contribution in [3.8, 4) is 0 Å². The van der Waals surface area contributed by atoms with Gasteiger partial charge >= 0.3 is 0 Å². The van der Waals surface area contributed by atoms with Crippen LogP contribution in [0.5, 0.6) is 0 Å². The summed E-state index contributed by atoms with van der Waals surface area (Å²) < 4.78 is 27.7. The molecule has 1 aromatic heterocycles. The monoisotopic (exact) mass is 302 g/mol. The molecule has 0 fully saturated rings. The van der Waals surface area contributed by atoms with Gasteiger partial charge < -0.3 is 9.73 Å². The first kappa shape index (κ1) is 16.7. The summed E-state index contributed by atoms with van der Waals surface area (Å²) in [5.74, 6) is -0.117. The zero-order valence-corrected chi connectivity index (χ0v) is 13.3. The number of rotatable bonds is 4. The minimum atomic E-state index is -3.87. The number of hydrogen-bond acceptors (Lipinski definition) is 4. The SMILES string of the molecule is Cc1oc(C(=O)NCC(C)C(C)(C)C)cc1S(N)(=O)=O. The van der Waals surface area contributed by atoms with Gasteiger partial charge in [-0.3, -0.25) is 4.79 Å². The topological polar surface area (TPSA) is 102 Å². The molecule has 1 atom stereocenters. The Balaban J connectivity index is 2.80. The summed E-state index contributed by atoms with van der Waals surface area (Å²) in [6.07, 6.45) is 0. The predicted molar refractivity (Wildman–Crippen MR) is 75.8 cm³/mol. The van der Waals surface area contributed by atoms with Crippen LogP contribution in [0.1, 0.15) is 44.0 Å². The lowest BCUT2D eigenvalue weighted by atomic mass is 9.82. The molecule has 1 heterocycles. The zero-order chi connectivity index (χ0) is 15.7. The molecule has 0 aliphatic carbocycles. The van der Waals surface area contributed by atoms with Crippen molar-refractivity contribution in [2.24, 2.45) is 16.5 Å². The second-order valence-corrected chi connectivity index (χ2v) is 7.58. The Hall–Kier alpha value is -1.34. The van der Waals surface area contributed by atoms with Crippen LogP contribution >= 0.6 is 0 Å². The molecule has 0 aromatic carbocycles. The summed E-state index contributed by atoms with van der Waals surface area (Å²) in [6, 6.07) is 1.15. The molecule has 1 rings (SSSR count). The van der Waals surface area contributed by atoms with Crippen molar-refractivity contribution in [3.05, 3.63) is 17.6 Å². The fourth-order valence-electron chi connectivity index (χ4n) is 1.50. The molecule has 1 unspecified atom stereocenters. The van der Waals surface area contributed by atoms with Gasteiger partial charge in [0.1, 0.15) is 10.7 Å². The van der Waals surface area contributed by atoms with Crippen LogP contribution in [0.25, 0.3) is 0 Å². The van der Waals surface area contributed by atoms with Gasteiger partial charge in [0.2, 0.25) is 10.0 Å². The van der Waals surface area contributed by atoms with E-state index in [0.29, 0.717) is 6.54 Å². The van der Waals surface area contributed by atoms with Crippen LogP contribution in [-0.2, 0) is 10.0 Å². The van der Waals surface area contributed by atoms with E-state index in [1.165, 1.54) is 6.92 Å². The van der Waals surface area contributed by atoms with Crippen LogP contribution in [0.15, 0.2) is 15.4 Å². The Morgan fingerprint density at radius 3 is 2.40 bits per heavy atom. The van der Waals surface area contributed by atoms with E-state index in [9.17, 15) is 13.2 Å². The fraction of sp³-hybridized carbons (Fsp3) is 0.615. The largest absolute Gasteiger partial charge is 0.455 e. The van der Waals surface area contributed by atoms with Gasteiger partial charge in [-0.15, -0.1) is 0 Å². The van der Waals surface area contributed by atoms with E-state index in [2.05, 4.69) is 26.1 Å². The average molecular weight is 302 g/mol. The van der Waals surface area contributed by atoms with Crippen molar-refractivity contribution in [3.63, 3.8) is 0 Å². The second-order valence-electron chi connectivity index (χ2n) is 6.05. The number of sulfonamides is 1. The standard InChI is InChI=1S/C13H22N2O4S/c1-8(13(3,4)5)7-15-12(16)10-6-11(9(2)19-10)20(14,17)18/h6,8H,7H2,1-5H3,(H,15,16)(H2,14,17,18). The molecule has 0 saturated heterocycles. The Morgan fingerprint density at radius 2 is 2.00 bits per heavy atom. The highest BCUT2D eigenvalue weighted by Gasteiger charge is 2.23. The van der Waals surface area contributed by atoms with Gasteiger partial charge in [0, 0.05) is 12.6 Å². The molecule has 114 valence electrons. The third-order valence-corrected chi connectivity index (χ3v) is 4.47. The van der Waals surface area contributed by atoms with E-state index in [0.717, 1.165) is 6.07 Å². The van der Waals surface area contributed by atoms with Crippen molar-refractivity contribution in [1.29, 1.82) is 0 Å². The third kappa shape index (κ3) is 4.08. The van der Waals surface area contributed by atoms with Crippen LogP contribution in [-0.4, -0.2) is 20.9 Å². The molecule has 0 aliphatic rings. The Bertz CT molecular complexity index is 596. The van der Waals surface area contributed by atoms with Crippen LogP contribution < -0.4 is 10.5 Å². The molecule has 0 saturated carbocycles. The number of furan rings is 1. The lowest BCUT2D eigenvalue weighted by molar-refractivity contribution is 0.0908. The molecule has 3 N–H and O–H groups in total. The molecule has 6 nitrogen and oxygen atoms in total. The maximum absolute atomic E-state index is 11.9. The maximum Gasteiger partial charge on any atom is 0.287 e.